The number of methoxy groups -OCH3 is 2. The molecular formula is C23H22O7. The summed E-state index contributed by atoms with van der Waals surface area (Å²) in [6.07, 6.45) is 2.85. The molecule has 0 fully saturated rings. The van der Waals surface area contributed by atoms with Gasteiger partial charge < -0.3 is 23.4 Å². The summed E-state index contributed by atoms with van der Waals surface area (Å²) in [4.78, 5) is 24.5. The fourth-order valence-electron chi connectivity index (χ4n) is 2.92. The van der Waals surface area contributed by atoms with Crippen LogP contribution in [0.15, 0.2) is 53.0 Å². The van der Waals surface area contributed by atoms with E-state index in [2.05, 4.69) is 0 Å². The minimum atomic E-state index is -0.601. The van der Waals surface area contributed by atoms with Crippen molar-refractivity contribution in [2.75, 3.05) is 20.8 Å². The minimum Gasteiger partial charge on any atom is -0.497 e. The molecule has 7 nitrogen and oxygen atoms in total. The lowest BCUT2D eigenvalue weighted by molar-refractivity contribution is -0.138. The van der Waals surface area contributed by atoms with Gasteiger partial charge in [0.05, 0.1) is 26.4 Å². The third kappa shape index (κ3) is 4.63. The van der Waals surface area contributed by atoms with Crippen LogP contribution in [0.1, 0.15) is 28.6 Å². The van der Waals surface area contributed by atoms with E-state index in [0.29, 0.717) is 33.6 Å². The first-order valence-corrected chi connectivity index (χ1v) is 9.31. The molecule has 0 N–H and O–H groups in total. The SMILES string of the molecule is CCOC(=O)c1oc2ccccc2c1COC(=O)/C=C/c1cc(OC)ccc1OC. The molecular weight excluding hydrogens is 388 g/mol. The van der Waals surface area contributed by atoms with Crippen molar-refractivity contribution in [3.63, 3.8) is 0 Å². The van der Waals surface area contributed by atoms with Crippen LogP contribution in [-0.4, -0.2) is 32.8 Å². The monoisotopic (exact) mass is 410 g/mol. The van der Waals surface area contributed by atoms with Gasteiger partial charge in [-0.2, -0.15) is 0 Å². The predicted molar refractivity (Wildman–Crippen MR) is 111 cm³/mol. The van der Waals surface area contributed by atoms with Gasteiger partial charge in [0, 0.05) is 17.0 Å². The first-order valence-electron chi connectivity index (χ1n) is 9.31. The van der Waals surface area contributed by atoms with Crippen LogP contribution in [0.25, 0.3) is 17.0 Å². The lowest BCUT2D eigenvalue weighted by Gasteiger charge is -2.07. The average molecular weight is 410 g/mol. The Morgan fingerprint density at radius 1 is 1.03 bits per heavy atom. The molecule has 2 aromatic carbocycles. The molecule has 0 unspecified atom stereocenters. The Bertz CT molecular complexity index is 1080. The molecule has 156 valence electrons. The topological polar surface area (TPSA) is 84.2 Å². The van der Waals surface area contributed by atoms with Crippen molar-refractivity contribution in [3.8, 4) is 11.5 Å². The number of benzene rings is 2. The fourth-order valence-corrected chi connectivity index (χ4v) is 2.92. The molecule has 3 aromatic rings. The van der Waals surface area contributed by atoms with Gasteiger partial charge in [-0.3, -0.25) is 0 Å². The van der Waals surface area contributed by atoms with Crippen molar-refractivity contribution in [2.24, 2.45) is 0 Å². The Kier molecular flexibility index (Phi) is 6.75. The molecule has 0 aliphatic carbocycles. The molecule has 0 saturated carbocycles. The summed E-state index contributed by atoms with van der Waals surface area (Å²) >= 11 is 0. The summed E-state index contributed by atoms with van der Waals surface area (Å²) in [5.41, 5.74) is 1.64. The maximum absolute atomic E-state index is 12.3. The van der Waals surface area contributed by atoms with Crippen molar-refractivity contribution in [1.82, 2.24) is 0 Å². The van der Waals surface area contributed by atoms with Gasteiger partial charge in [0.15, 0.2) is 0 Å². The van der Waals surface area contributed by atoms with Crippen molar-refractivity contribution in [3.05, 3.63) is 65.4 Å². The third-order valence-electron chi connectivity index (χ3n) is 4.35. The molecule has 0 aliphatic heterocycles. The van der Waals surface area contributed by atoms with Crippen molar-refractivity contribution >= 4 is 29.0 Å². The summed E-state index contributed by atoms with van der Waals surface area (Å²) in [7, 11) is 3.10. The van der Waals surface area contributed by atoms with E-state index >= 15 is 0 Å². The van der Waals surface area contributed by atoms with E-state index < -0.39 is 11.9 Å². The number of fused-ring (bicyclic) bond motifs is 1. The number of rotatable bonds is 8. The van der Waals surface area contributed by atoms with Gasteiger partial charge in [-0.05, 0) is 37.3 Å². The highest BCUT2D eigenvalue weighted by atomic mass is 16.5. The lowest BCUT2D eigenvalue weighted by atomic mass is 10.1. The molecule has 0 bridgehead atoms. The van der Waals surface area contributed by atoms with E-state index in [1.165, 1.54) is 6.08 Å². The van der Waals surface area contributed by atoms with Gasteiger partial charge in [-0.1, -0.05) is 18.2 Å². The zero-order valence-electron chi connectivity index (χ0n) is 17.0. The van der Waals surface area contributed by atoms with E-state index in [1.54, 1.807) is 63.6 Å². The number of carbonyl (C=O) groups excluding carboxylic acids is 2. The van der Waals surface area contributed by atoms with E-state index in [9.17, 15) is 9.59 Å². The van der Waals surface area contributed by atoms with Crippen LogP contribution < -0.4 is 9.47 Å². The second kappa shape index (κ2) is 9.65. The summed E-state index contributed by atoms with van der Waals surface area (Å²) in [5, 5.41) is 0.687. The molecule has 0 aliphatic rings. The highest BCUT2D eigenvalue weighted by Crippen LogP contribution is 2.28. The van der Waals surface area contributed by atoms with Gasteiger partial charge in [0.2, 0.25) is 5.76 Å². The van der Waals surface area contributed by atoms with Crippen LogP contribution in [0.5, 0.6) is 11.5 Å². The van der Waals surface area contributed by atoms with Gasteiger partial charge in [-0.25, -0.2) is 9.59 Å². The Balaban J connectivity index is 1.78. The van der Waals surface area contributed by atoms with Gasteiger partial charge in [-0.15, -0.1) is 0 Å². The number of furan rings is 1. The summed E-state index contributed by atoms with van der Waals surface area (Å²) in [6, 6.07) is 12.4. The van der Waals surface area contributed by atoms with Crippen molar-refractivity contribution in [1.29, 1.82) is 0 Å². The van der Waals surface area contributed by atoms with E-state index in [1.807, 2.05) is 6.07 Å². The first kappa shape index (κ1) is 21.0. The average Bonchev–Trinajstić information content (AvgIpc) is 3.15. The molecule has 0 saturated heterocycles. The van der Waals surface area contributed by atoms with Crippen molar-refractivity contribution < 1.29 is 33.0 Å². The van der Waals surface area contributed by atoms with Crippen molar-refractivity contribution in [2.45, 2.75) is 13.5 Å². The maximum atomic E-state index is 12.3. The van der Waals surface area contributed by atoms with Gasteiger partial charge in [0.1, 0.15) is 23.7 Å². The second-order valence-electron chi connectivity index (χ2n) is 6.18. The second-order valence-corrected chi connectivity index (χ2v) is 6.18. The van der Waals surface area contributed by atoms with Crippen LogP contribution >= 0.6 is 0 Å². The molecule has 7 heteroatoms. The Morgan fingerprint density at radius 3 is 2.57 bits per heavy atom. The lowest BCUT2D eigenvalue weighted by Crippen LogP contribution is -2.08. The molecule has 0 spiro atoms. The van der Waals surface area contributed by atoms with E-state index in [0.717, 1.165) is 0 Å². The highest BCUT2D eigenvalue weighted by Gasteiger charge is 2.22. The summed E-state index contributed by atoms with van der Waals surface area (Å²) in [5.74, 6) is 0.0682. The molecule has 1 heterocycles. The standard InChI is InChI=1S/C23H22O7/c1-4-28-23(25)22-18(17-7-5-6-8-20(17)30-22)14-29-21(24)12-9-15-13-16(26-2)10-11-19(15)27-3/h5-13H,4,14H2,1-3H3/b12-9+. The minimum absolute atomic E-state index is 0.0318. The van der Waals surface area contributed by atoms with Gasteiger partial charge in [0.25, 0.3) is 0 Å². The number of para-hydroxylation sites is 1. The zero-order chi connectivity index (χ0) is 21.5. The molecule has 3 rings (SSSR count). The van der Waals surface area contributed by atoms with Gasteiger partial charge >= 0.3 is 11.9 Å². The summed E-state index contributed by atoms with van der Waals surface area (Å²) < 4.78 is 26.5. The normalized spacial score (nSPS) is 10.9. The van der Waals surface area contributed by atoms with E-state index in [4.69, 9.17) is 23.4 Å². The fraction of sp³-hybridized carbons (Fsp3) is 0.217. The Hall–Kier alpha value is -3.74. The van der Waals surface area contributed by atoms with Crippen LogP contribution in [0.4, 0.5) is 0 Å². The molecule has 0 atom stereocenters. The first-order chi connectivity index (χ1) is 14.6. The molecule has 30 heavy (non-hydrogen) atoms. The zero-order valence-corrected chi connectivity index (χ0v) is 17.0. The summed E-state index contributed by atoms with van der Waals surface area (Å²) in [6.45, 7) is 1.78. The third-order valence-corrected chi connectivity index (χ3v) is 4.35. The maximum Gasteiger partial charge on any atom is 0.374 e. The highest BCUT2D eigenvalue weighted by molar-refractivity contribution is 5.96. The van der Waals surface area contributed by atoms with Crippen LogP contribution in [0.3, 0.4) is 0 Å². The quantitative estimate of drug-likeness (QED) is 0.402. The Labute approximate surface area is 173 Å². The van der Waals surface area contributed by atoms with E-state index in [-0.39, 0.29) is 19.0 Å². The smallest absolute Gasteiger partial charge is 0.374 e. The number of esters is 2. The number of ether oxygens (including phenoxy) is 4. The largest absolute Gasteiger partial charge is 0.497 e. The molecule has 0 radical (unpaired) electrons. The van der Waals surface area contributed by atoms with Crippen LogP contribution in [0.2, 0.25) is 0 Å². The molecule has 1 aromatic heterocycles. The number of carbonyl (C=O) groups is 2. The van der Waals surface area contributed by atoms with Crippen LogP contribution in [0, 0.1) is 0 Å². The Morgan fingerprint density at radius 2 is 1.83 bits per heavy atom. The molecule has 0 amide bonds. The number of hydrogen-bond acceptors (Lipinski definition) is 7. The predicted octanol–water partition coefficient (Wildman–Crippen LogP) is 4.38. The number of hydrogen-bond donors (Lipinski definition) is 0. The van der Waals surface area contributed by atoms with Crippen LogP contribution in [-0.2, 0) is 20.9 Å².